The molecule has 3 heterocycles. The molecule has 3 rings (SSSR count). The van der Waals surface area contributed by atoms with Crippen molar-refractivity contribution < 1.29 is 27.3 Å². The predicted octanol–water partition coefficient (Wildman–Crippen LogP) is 2.65. The van der Waals surface area contributed by atoms with Gasteiger partial charge >= 0.3 is 6.18 Å². The van der Waals surface area contributed by atoms with E-state index >= 15 is 0 Å². The lowest BCUT2D eigenvalue weighted by atomic mass is 9.93. The minimum absolute atomic E-state index is 0.0604. The molecule has 1 aliphatic rings. The number of hydrogen-bond donors (Lipinski definition) is 2. The van der Waals surface area contributed by atoms with E-state index in [-0.39, 0.29) is 17.5 Å². The van der Waals surface area contributed by atoms with E-state index in [4.69, 9.17) is 4.52 Å². The molecule has 0 unspecified atom stereocenters. The predicted molar refractivity (Wildman–Crippen MR) is 99.8 cm³/mol. The standard InChI is InChI=1S/C19H24F3N5O3/c1-11-14(12(2)30-26-11)3-4-17(28)27-7-5-13(6-8-27)15-9-16(25-24-15)18(29)23-10-19(20,21)22/h9,13H,3-8,10H2,1-2H3,(H,23,29)(H,24,25). The molecular weight excluding hydrogens is 403 g/mol. The zero-order valence-corrected chi connectivity index (χ0v) is 16.8. The van der Waals surface area contributed by atoms with E-state index in [2.05, 4.69) is 15.4 Å². The number of hydrogen-bond acceptors (Lipinski definition) is 5. The number of halogens is 3. The van der Waals surface area contributed by atoms with Crippen LogP contribution in [0.3, 0.4) is 0 Å². The fourth-order valence-electron chi connectivity index (χ4n) is 3.62. The van der Waals surface area contributed by atoms with Gasteiger partial charge in [-0.05, 0) is 39.2 Å². The van der Waals surface area contributed by atoms with Crippen molar-refractivity contribution in [2.75, 3.05) is 19.6 Å². The molecule has 0 aromatic carbocycles. The van der Waals surface area contributed by atoms with E-state index in [9.17, 15) is 22.8 Å². The second-order valence-electron chi connectivity index (χ2n) is 7.46. The molecular formula is C19H24F3N5O3. The second kappa shape index (κ2) is 8.88. The Balaban J connectivity index is 1.48. The molecule has 11 heteroatoms. The number of nitrogens with zero attached hydrogens (tertiary/aromatic N) is 3. The van der Waals surface area contributed by atoms with E-state index < -0.39 is 18.6 Å². The number of rotatable bonds is 6. The molecule has 1 aliphatic heterocycles. The highest BCUT2D eigenvalue weighted by Gasteiger charge is 2.29. The summed E-state index contributed by atoms with van der Waals surface area (Å²) in [5, 5.41) is 12.3. The molecule has 164 valence electrons. The molecule has 0 radical (unpaired) electrons. The largest absolute Gasteiger partial charge is 0.405 e. The van der Waals surface area contributed by atoms with Crippen LogP contribution in [-0.2, 0) is 11.2 Å². The summed E-state index contributed by atoms with van der Waals surface area (Å²) in [6, 6.07) is 1.48. The molecule has 8 nitrogen and oxygen atoms in total. The third-order valence-electron chi connectivity index (χ3n) is 5.34. The van der Waals surface area contributed by atoms with Gasteiger partial charge in [0.1, 0.15) is 18.0 Å². The van der Waals surface area contributed by atoms with Crippen molar-refractivity contribution in [2.45, 2.75) is 51.6 Å². The average Bonchev–Trinajstić information content (AvgIpc) is 3.31. The molecule has 1 saturated heterocycles. The number of alkyl halides is 3. The van der Waals surface area contributed by atoms with Gasteiger partial charge in [0.15, 0.2) is 0 Å². The highest BCUT2D eigenvalue weighted by atomic mass is 19.4. The summed E-state index contributed by atoms with van der Waals surface area (Å²) >= 11 is 0. The SMILES string of the molecule is Cc1noc(C)c1CCC(=O)N1CCC(c2cc(C(=O)NCC(F)(F)F)n[nH]2)CC1. The first-order chi connectivity index (χ1) is 14.1. The van der Waals surface area contributed by atoms with Crippen LogP contribution in [0.25, 0.3) is 0 Å². The van der Waals surface area contributed by atoms with Crippen LogP contribution in [0.1, 0.15) is 58.4 Å². The Kier molecular flexibility index (Phi) is 6.47. The summed E-state index contributed by atoms with van der Waals surface area (Å²) in [7, 11) is 0. The topological polar surface area (TPSA) is 104 Å². The van der Waals surface area contributed by atoms with Crippen LogP contribution >= 0.6 is 0 Å². The number of aryl methyl sites for hydroxylation is 2. The first-order valence-corrected chi connectivity index (χ1v) is 9.74. The van der Waals surface area contributed by atoms with Gasteiger partial charge < -0.3 is 14.7 Å². The van der Waals surface area contributed by atoms with Gasteiger partial charge in [-0.25, -0.2) is 0 Å². The summed E-state index contributed by atoms with van der Waals surface area (Å²) in [5.41, 5.74) is 2.38. The Morgan fingerprint density at radius 1 is 1.30 bits per heavy atom. The molecule has 1 fully saturated rings. The summed E-state index contributed by atoms with van der Waals surface area (Å²) < 4.78 is 41.8. The van der Waals surface area contributed by atoms with Crippen molar-refractivity contribution in [2.24, 2.45) is 0 Å². The number of piperidine rings is 1. The Morgan fingerprint density at radius 3 is 2.60 bits per heavy atom. The quantitative estimate of drug-likeness (QED) is 0.738. The van der Waals surface area contributed by atoms with Crippen molar-refractivity contribution in [3.63, 3.8) is 0 Å². The molecule has 0 spiro atoms. The number of aromatic amines is 1. The van der Waals surface area contributed by atoms with Crippen LogP contribution in [-0.4, -0.2) is 57.9 Å². The number of likely N-dealkylation sites (tertiary alicyclic amines) is 1. The molecule has 0 atom stereocenters. The maximum absolute atomic E-state index is 12.5. The lowest BCUT2D eigenvalue weighted by Crippen LogP contribution is -2.38. The lowest BCUT2D eigenvalue weighted by Gasteiger charge is -2.31. The van der Waals surface area contributed by atoms with Gasteiger partial charge in [0, 0.05) is 36.7 Å². The number of nitrogens with one attached hydrogen (secondary N) is 2. The van der Waals surface area contributed by atoms with Gasteiger partial charge in [0.2, 0.25) is 5.91 Å². The van der Waals surface area contributed by atoms with Crippen LogP contribution < -0.4 is 5.32 Å². The van der Waals surface area contributed by atoms with Crippen molar-refractivity contribution >= 4 is 11.8 Å². The third-order valence-corrected chi connectivity index (χ3v) is 5.34. The fourth-order valence-corrected chi connectivity index (χ4v) is 3.62. The van der Waals surface area contributed by atoms with Gasteiger partial charge in [0.25, 0.3) is 5.91 Å². The number of carbonyl (C=O) groups is 2. The van der Waals surface area contributed by atoms with Gasteiger partial charge in [-0.1, -0.05) is 5.16 Å². The number of aromatic nitrogens is 3. The van der Waals surface area contributed by atoms with E-state index in [1.54, 1.807) is 5.32 Å². The van der Waals surface area contributed by atoms with Gasteiger partial charge in [-0.2, -0.15) is 18.3 Å². The van der Waals surface area contributed by atoms with Crippen molar-refractivity contribution in [3.8, 4) is 0 Å². The highest BCUT2D eigenvalue weighted by molar-refractivity contribution is 5.92. The Labute approximate surface area is 171 Å². The molecule has 0 aliphatic carbocycles. The zero-order valence-electron chi connectivity index (χ0n) is 16.8. The number of H-pyrrole nitrogens is 1. The number of carbonyl (C=O) groups excluding carboxylic acids is 2. The van der Waals surface area contributed by atoms with Crippen LogP contribution in [0, 0.1) is 13.8 Å². The normalized spacial score (nSPS) is 15.4. The fraction of sp³-hybridized carbons (Fsp3) is 0.579. The summed E-state index contributed by atoms with van der Waals surface area (Å²) in [6.07, 6.45) is -2.15. The van der Waals surface area contributed by atoms with Gasteiger partial charge in [-0.15, -0.1) is 0 Å². The Bertz CT molecular complexity index is 878. The first kappa shape index (κ1) is 21.8. The molecule has 2 N–H and O–H groups in total. The van der Waals surface area contributed by atoms with E-state index in [1.807, 2.05) is 18.7 Å². The van der Waals surface area contributed by atoms with Crippen LogP contribution in [0.2, 0.25) is 0 Å². The second-order valence-corrected chi connectivity index (χ2v) is 7.46. The molecule has 30 heavy (non-hydrogen) atoms. The maximum atomic E-state index is 12.5. The average molecular weight is 427 g/mol. The lowest BCUT2D eigenvalue weighted by molar-refractivity contribution is -0.132. The summed E-state index contributed by atoms with van der Waals surface area (Å²) in [6.45, 7) is 3.42. The van der Waals surface area contributed by atoms with Gasteiger partial charge in [0.05, 0.1) is 5.69 Å². The Morgan fingerprint density at radius 2 is 2.00 bits per heavy atom. The van der Waals surface area contributed by atoms with E-state index in [1.165, 1.54) is 6.07 Å². The molecule has 0 bridgehead atoms. The highest BCUT2D eigenvalue weighted by Crippen LogP contribution is 2.27. The summed E-state index contributed by atoms with van der Waals surface area (Å²) in [4.78, 5) is 26.1. The van der Waals surface area contributed by atoms with Crippen LogP contribution in [0.5, 0.6) is 0 Å². The monoisotopic (exact) mass is 427 g/mol. The third kappa shape index (κ3) is 5.39. The van der Waals surface area contributed by atoms with Crippen molar-refractivity contribution in [1.29, 1.82) is 0 Å². The number of amides is 2. The minimum atomic E-state index is -4.47. The minimum Gasteiger partial charge on any atom is -0.361 e. The maximum Gasteiger partial charge on any atom is 0.405 e. The van der Waals surface area contributed by atoms with Crippen LogP contribution in [0.15, 0.2) is 10.6 Å². The van der Waals surface area contributed by atoms with E-state index in [0.717, 1.165) is 17.0 Å². The Hall–Kier alpha value is -2.85. The zero-order chi connectivity index (χ0) is 21.9. The molecule has 2 aromatic heterocycles. The van der Waals surface area contributed by atoms with Crippen molar-refractivity contribution in [3.05, 3.63) is 34.5 Å². The van der Waals surface area contributed by atoms with E-state index in [0.29, 0.717) is 44.5 Å². The summed E-state index contributed by atoms with van der Waals surface area (Å²) in [5.74, 6) is -0.0198. The molecule has 0 saturated carbocycles. The van der Waals surface area contributed by atoms with Gasteiger partial charge in [-0.3, -0.25) is 14.7 Å². The van der Waals surface area contributed by atoms with Crippen LogP contribution in [0.4, 0.5) is 13.2 Å². The smallest absolute Gasteiger partial charge is 0.361 e. The van der Waals surface area contributed by atoms with Crippen molar-refractivity contribution in [1.82, 2.24) is 25.6 Å². The first-order valence-electron chi connectivity index (χ1n) is 9.74. The molecule has 2 amide bonds. The molecule has 2 aromatic rings.